The van der Waals surface area contributed by atoms with Crippen molar-refractivity contribution in [1.29, 1.82) is 0 Å². The van der Waals surface area contributed by atoms with Crippen LogP contribution < -0.4 is 16.0 Å². The Labute approximate surface area is 176 Å². The lowest BCUT2D eigenvalue weighted by Crippen LogP contribution is -2.55. The molecule has 1 fully saturated rings. The average Bonchev–Trinajstić information content (AvgIpc) is 2.74. The fourth-order valence-electron chi connectivity index (χ4n) is 3.83. The zero-order chi connectivity index (χ0) is 21.8. The number of aryl methyl sites for hydroxylation is 1. The van der Waals surface area contributed by atoms with Crippen LogP contribution in [0.5, 0.6) is 0 Å². The Bertz CT molecular complexity index is 943. The number of aromatic nitrogens is 2. The number of carbonyl (C=O) groups excluding carboxylic acids is 2. The van der Waals surface area contributed by atoms with Crippen LogP contribution in [-0.2, 0) is 4.79 Å². The highest BCUT2D eigenvalue weighted by molar-refractivity contribution is 5.96. The van der Waals surface area contributed by atoms with E-state index >= 15 is 0 Å². The largest absolute Gasteiger partial charge is 0.364 e. The molecule has 2 amide bonds. The van der Waals surface area contributed by atoms with Gasteiger partial charge in [0.15, 0.2) is 11.5 Å². The van der Waals surface area contributed by atoms with E-state index in [0.29, 0.717) is 18.2 Å². The number of rotatable bonds is 6. The third-order valence-corrected chi connectivity index (χ3v) is 5.57. The number of anilines is 3. The molecule has 0 saturated carbocycles. The maximum atomic E-state index is 12.2. The maximum absolute atomic E-state index is 12.2. The summed E-state index contributed by atoms with van der Waals surface area (Å²) in [5.74, 6) is 0.176. The van der Waals surface area contributed by atoms with Gasteiger partial charge in [0, 0.05) is 25.3 Å². The smallest absolute Gasteiger partial charge is 0.271 e. The predicted molar refractivity (Wildman–Crippen MR) is 118 cm³/mol. The first kappa shape index (κ1) is 21.3. The summed E-state index contributed by atoms with van der Waals surface area (Å²) in [6.45, 7) is 8.34. The number of nitrogens with two attached hydrogens (primary N) is 1. The van der Waals surface area contributed by atoms with Crippen LogP contribution in [-0.4, -0.2) is 52.4 Å². The van der Waals surface area contributed by atoms with Crippen LogP contribution in [0.2, 0.25) is 0 Å². The molecule has 2 atom stereocenters. The molecule has 0 spiro atoms. The fourth-order valence-corrected chi connectivity index (χ4v) is 3.83. The zero-order valence-corrected chi connectivity index (χ0v) is 17.6. The van der Waals surface area contributed by atoms with Crippen molar-refractivity contribution in [3.8, 4) is 0 Å². The molecule has 8 heteroatoms. The van der Waals surface area contributed by atoms with Crippen molar-refractivity contribution in [2.24, 2.45) is 5.73 Å². The molecule has 1 aromatic carbocycles. The molecule has 0 aliphatic carbocycles. The Morgan fingerprint density at radius 1 is 1.33 bits per heavy atom. The van der Waals surface area contributed by atoms with Crippen molar-refractivity contribution in [1.82, 2.24) is 14.9 Å². The normalized spacial score (nSPS) is 18.6. The van der Waals surface area contributed by atoms with E-state index in [2.05, 4.69) is 21.9 Å². The van der Waals surface area contributed by atoms with E-state index in [1.54, 1.807) is 6.20 Å². The second kappa shape index (κ2) is 8.94. The van der Waals surface area contributed by atoms with Gasteiger partial charge in [-0.3, -0.25) is 9.59 Å². The number of hydrogen-bond donors (Lipinski definition) is 2. The van der Waals surface area contributed by atoms with Gasteiger partial charge in [0.25, 0.3) is 5.91 Å². The summed E-state index contributed by atoms with van der Waals surface area (Å²) in [5.41, 5.74) is 7.49. The summed E-state index contributed by atoms with van der Waals surface area (Å²) < 4.78 is 0. The molecule has 1 aliphatic rings. The van der Waals surface area contributed by atoms with E-state index in [9.17, 15) is 9.59 Å². The van der Waals surface area contributed by atoms with Crippen molar-refractivity contribution in [3.63, 3.8) is 0 Å². The first-order valence-electron chi connectivity index (χ1n) is 9.98. The SMILES string of the molecule is C=CC(=O)N1CCC[C@@H](N(C)c2cnc(C(N)=O)c(Nc3ccc(C)cc3)n2)[C@H]1C. The molecular formula is C22H28N6O2. The Morgan fingerprint density at radius 3 is 2.67 bits per heavy atom. The molecule has 2 heterocycles. The second-order valence-electron chi connectivity index (χ2n) is 7.58. The lowest BCUT2D eigenvalue weighted by molar-refractivity contribution is -0.129. The summed E-state index contributed by atoms with van der Waals surface area (Å²) in [4.78, 5) is 36.8. The van der Waals surface area contributed by atoms with Gasteiger partial charge in [-0.25, -0.2) is 9.97 Å². The van der Waals surface area contributed by atoms with Crippen LogP contribution in [0.4, 0.5) is 17.3 Å². The minimum atomic E-state index is -0.653. The van der Waals surface area contributed by atoms with Crippen LogP contribution in [0, 0.1) is 6.92 Å². The first-order valence-corrected chi connectivity index (χ1v) is 9.98. The predicted octanol–water partition coefficient (Wildman–Crippen LogP) is 2.63. The summed E-state index contributed by atoms with van der Waals surface area (Å²) in [6.07, 6.45) is 4.70. The molecular weight excluding hydrogens is 380 g/mol. The van der Waals surface area contributed by atoms with Crippen molar-refractivity contribution in [2.45, 2.75) is 38.8 Å². The number of nitrogens with one attached hydrogen (secondary N) is 1. The molecule has 0 bridgehead atoms. The molecule has 0 radical (unpaired) electrons. The monoisotopic (exact) mass is 408 g/mol. The van der Waals surface area contributed by atoms with Gasteiger partial charge in [0.2, 0.25) is 5.91 Å². The topological polar surface area (TPSA) is 104 Å². The van der Waals surface area contributed by atoms with Crippen LogP contribution in [0.3, 0.4) is 0 Å². The Hall–Kier alpha value is -3.42. The molecule has 2 aromatic rings. The van der Waals surface area contributed by atoms with E-state index in [1.165, 1.54) is 6.08 Å². The van der Waals surface area contributed by atoms with E-state index in [-0.39, 0.29) is 23.7 Å². The number of piperidine rings is 1. The highest BCUT2D eigenvalue weighted by atomic mass is 16.2. The van der Waals surface area contributed by atoms with Gasteiger partial charge in [0.05, 0.1) is 12.2 Å². The van der Waals surface area contributed by atoms with E-state index in [1.807, 2.05) is 55.0 Å². The molecule has 3 rings (SSSR count). The molecule has 0 unspecified atom stereocenters. The summed E-state index contributed by atoms with van der Waals surface area (Å²) in [6, 6.07) is 7.78. The molecule has 158 valence electrons. The third kappa shape index (κ3) is 4.42. The number of hydrogen-bond acceptors (Lipinski definition) is 6. The van der Waals surface area contributed by atoms with Gasteiger partial charge in [-0.2, -0.15) is 0 Å². The molecule has 30 heavy (non-hydrogen) atoms. The molecule has 8 nitrogen and oxygen atoms in total. The quantitative estimate of drug-likeness (QED) is 0.712. The fraction of sp³-hybridized carbons (Fsp3) is 0.364. The number of benzene rings is 1. The highest BCUT2D eigenvalue weighted by Gasteiger charge is 2.33. The summed E-state index contributed by atoms with van der Waals surface area (Å²) in [5, 5.41) is 3.15. The van der Waals surface area contributed by atoms with Gasteiger partial charge in [-0.15, -0.1) is 0 Å². The van der Waals surface area contributed by atoms with Crippen LogP contribution in [0.25, 0.3) is 0 Å². The maximum Gasteiger partial charge on any atom is 0.271 e. The van der Waals surface area contributed by atoms with Gasteiger partial charge < -0.3 is 20.9 Å². The Balaban J connectivity index is 1.89. The van der Waals surface area contributed by atoms with Crippen molar-refractivity contribution >= 4 is 29.1 Å². The standard InChI is InChI=1S/C22H28N6O2/c1-5-19(29)28-12-6-7-17(15(28)3)27(4)18-13-24-20(21(23)30)22(26-18)25-16-10-8-14(2)9-11-16/h5,8-11,13,15,17H,1,6-7,12H2,2-4H3,(H2,23,30)(H,25,26)/t15-,17-/m1/s1. The number of likely N-dealkylation sites (tertiary alicyclic amines) is 1. The number of nitrogens with zero attached hydrogens (tertiary/aromatic N) is 4. The van der Waals surface area contributed by atoms with Crippen molar-refractivity contribution < 1.29 is 9.59 Å². The Morgan fingerprint density at radius 2 is 2.03 bits per heavy atom. The van der Waals surface area contributed by atoms with Gasteiger partial charge in [0.1, 0.15) is 5.82 Å². The lowest BCUT2D eigenvalue weighted by Gasteiger charge is -2.43. The molecule has 1 aromatic heterocycles. The average molecular weight is 409 g/mol. The third-order valence-electron chi connectivity index (χ3n) is 5.57. The summed E-state index contributed by atoms with van der Waals surface area (Å²) in [7, 11) is 1.92. The lowest BCUT2D eigenvalue weighted by atomic mass is 9.96. The number of primary amides is 1. The van der Waals surface area contributed by atoms with Crippen molar-refractivity contribution in [3.05, 3.63) is 54.4 Å². The number of carbonyl (C=O) groups is 2. The highest BCUT2D eigenvalue weighted by Crippen LogP contribution is 2.27. The minimum Gasteiger partial charge on any atom is -0.364 e. The number of amides is 2. The van der Waals surface area contributed by atoms with E-state index in [0.717, 1.165) is 24.1 Å². The van der Waals surface area contributed by atoms with Crippen LogP contribution in [0.1, 0.15) is 35.8 Å². The zero-order valence-electron chi connectivity index (χ0n) is 17.6. The molecule has 1 aliphatic heterocycles. The first-order chi connectivity index (χ1) is 14.3. The number of likely N-dealkylation sites (N-methyl/N-ethyl adjacent to an activating group) is 1. The molecule has 3 N–H and O–H groups in total. The van der Waals surface area contributed by atoms with Gasteiger partial charge in [-0.1, -0.05) is 24.3 Å². The van der Waals surface area contributed by atoms with E-state index < -0.39 is 5.91 Å². The second-order valence-corrected chi connectivity index (χ2v) is 7.58. The minimum absolute atomic E-state index is 0.0135. The molecule has 1 saturated heterocycles. The van der Waals surface area contributed by atoms with E-state index in [4.69, 9.17) is 5.73 Å². The summed E-state index contributed by atoms with van der Waals surface area (Å²) >= 11 is 0. The van der Waals surface area contributed by atoms with Gasteiger partial charge in [-0.05, 0) is 44.9 Å². The van der Waals surface area contributed by atoms with Crippen LogP contribution >= 0.6 is 0 Å². The van der Waals surface area contributed by atoms with Gasteiger partial charge >= 0.3 is 0 Å². The van der Waals surface area contributed by atoms with Crippen molar-refractivity contribution in [2.75, 3.05) is 23.8 Å². The Kier molecular flexibility index (Phi) is 6.34. The van der Waals surface area contributed by atoms with Crippen LogP contribution in [0.15, 0.2) is 43.1 Å².